The lowest BCUT2D eigenvalue weighted by Crippen LogP contribution is -2.29. The third-order valence-electron chi connectivity index (χ3n) is 5.71. The highest BCUT2D eigenvalue weighted by Gasteiger charge is 2.29. The molecule has 0 spiro atoms. The van der Waals surface area contributed by atoms with Crippen molar-refractivity contribution in [3.8, 4) is 11.3 Å². The van der Waals surface area contributed by atoms with Crippen molar-refractivity contribution >= 4 is 22.6 Å². The molecule has 0 saturated heterocycles. The number of nitrogens with zero attached hydrogens (tertiary/aromatic N) is 4. The maximum atomic E-state index is 13.8. The molecule has 1 amide bonds. The van der Waals surface area contributed by atoms with Crippen LogP contribution in [0.5, 0.6) is 0 Å². The minimum Gasteiger partial charge on any atom is -0.307 e. The Morgan fingerprint density at radius 2 is 1.83 bits per heavy atom. The van der Waals surface area contributed by atoms with Crippen LogP contribution in [0, 0.1) is 13.8 Å². The van der Waals surface area contributed by atoms with E-state index in [1.165, 1.54) is 5.56 Å². The first kappa shape index (κ1) is 17.6. The molecular weight excluding hydrogens is 360 g/mol. The number of aryl methyl sites for hydroxylation is 3. The Kier molecular flexibility index (Phi) is 3.98. The highest BCUT2D eigenvalue weighted by atomic mass is 16.2. The Bertz CT molecular complexity index is 1260. The molecule has 5 heteroatoms. The number of amides is 1. The lowest BCUT2D eigenvalue weighted by Gasteiger charge is -2.20. The molecule has 2 aromatic heterocycles. The van der Waals surface area contributed by atoms with E-state index in [1.807, 2.05) is 55.3 Å². The van der Waals surface area contributed by atoms with Gasteiger partial charge in [-0.1, -0.05) is 48.5 Å². The van der Waals surface area contributed by atoms with Crippen LogP contribution in [0.4, 0.5) is 5.69 Å². The van der Waals surface area contributed by atoms with E-state index >= 15 is 0 Å². The Labute approximate surface area is 169 Å². The van der Waals surface area contributed by atoms with Crippen LogP contribution in [0.15, 0.2) is 54.6 Å². The molecule has 0 saturated carbocycles. The molecule has 5 nitrogen and oxygen atoms in total. The number of pyridine rings is 1. The predicted octanol–water partition coefficient (Wildman–Crippen LogP) is 4.46. The van der Waals surface area contributed by atoms with E-state index in [-0.39, 0.29) is 5.91 Å². The molecule has 144 valence electrons. The van der Waals surface area contributed by atoms with Crippen molar-refractivity contribution in [1.82, 2.24) is 14.8 Å². The van der Waals surface area contributed by atoms with Crippen LogP contribution < -0.4 is 4.90 Å². The number of benzene rings is 2. The zero-order valence-electron chi connectivity index (χ0n) is 16.8. The highest BCUT2D eigenvalue weighted by Crippen LogP contribution is 2.35. The van der Waals surface area contributed by atoms with Gasteiger partial charge < -0.3 is 4.90 Å². The number of carbonyl (C=O) groups excluding carboxylic acids is 1. The number of rotatable bonds is 2. The summed E-state index contributed by atoms with van der Waals surface area (Å²) in [7, 11) is 1.88. The number of hydrogen-bond donors (Lipinski definition) is 0. The molecule has 29 heavy (non-hydrogen) atoms. The van der Waals surface area contributed by atoms with Gasteiger partial charge in [0.25, 0.3) is 5.91 Å². The molecular formula is C24H22N4O. The van der Waals surface area contributed by atoms with Gasteiger partial charge in [-0.05, 0) is 37.5 Å². The molecule has 0 aliphatic carbocycles. The normalized spacial score (nSPS) is 13.1. The summed E-state index contributed by atoms with van der Waals surface area (Å²) in [6.45, 7) is 4.70. The Balaban J connectivity index is 1.72. The predicted molar refractivity (Wildman–Crippen MR) is 115 cm³/mol. The molecule has 0 unspecified atom stereocenters. The minimum atomic E-state index is 0.0127. The Morgan fingerprint density at radius 1 is 1.03 bits per heavy atom. The molecule has 5 rings (SSSR count). The van der Waals surface area contributed by atoms with Crippen molar-refractivity contribution in [2.24, 2.45) is 7.05 Å². The molecule has 0 radical (unpaired) electrons. The number of anilines is 1. The van der Waals surface area contributed by atoms with Gasteiger partial charge in [0.15, 0.2) is 5.65 Å². The van der Waals surface area contributed by atoms with Gasteiger partial charge in [-0.2, -0.15) is 5.10 Å². The van der Waals surface area contributed by atoms with E-state index in [1.54, 1.807) is 4.68 Å². The van der Waals surface area contributed by atoms with Gasteiger partial charge in [-0.3, -0.25) is 9.48 Å². The molecule has 0 fully saturated rings. The van der Waals surface area contributed by atoms with E-state index in [0.29, 0.717) is 12.1 Å². The Hall–Kier alpha value is -3.47. The summed E-state index contributed by atoms with van der Waals surface area (Å²) in [5.74, 6) is 0.0127. The van der Waals surface area contributed by atoms with Gasteiger partial charge in [-0.15, -0.1) is 0 Å². The first-order valence-electron chi connectivity index (χ1n) is 9.84. The van der Waals surface area contributed by atoms with Crippen LogP contribution >= 0.6 is 0 Å². The van der Waals surface area contributed by atoms with Crippen LogP contribution in [0.2, 0.25) is 0 Å². The fraction of sp³-hybridized carbons (Fsp3) is 0.208. The maximum Gasteiger partial charge on any atom is 0.259 e. The van der Waals surface area contributed by atoms with E-state index in [2.05, 4.69) is 30.2 Å². The first-order valence-corrected chi connectivity index (χ1v) is 9.84. The number of hydrogen-bond acceptors (Lipinski definition) is 3. The van der Waals surface area contributed by atoms with Crippen molar-refractivity contribution in [2.45, 2.75) is 20.3 Å². The van der Waals surface area contributed by atoms with Gasteiger partial charge in [0.1, 0.15) is 0 Å². The lowest BCUT2D eigenvalue weighted by atomic mass is 10.0. The summed E-state index contributed by atoms with van der Waals surface area (Å²) in [6, 6.07) is 18.1. The summed E-state index contributed by atoms with van der Waals surface area (Å²) in [4.78, 5) is 20.5. The molecule has 0 bridgehead atoms. The van der Waals surface area contributed by atoms with E-state index in [4.69, 9.17) is 4.98 Å². The second kappa shape index (κ2) is 6.55. The summed E-state index contributed by atoms with van der Waals surface area (Å²) in [5, 5.41) is 5.37. The Morgan fingerprint density at radius 3 is 2.62 bits per heavy atom. The third kappa shape index (κ3) is 2.73. The second-order valence-electron chi connectivity index (χ2n) is 7.62. The average Bonchev–Trinajstić information content (AvgIpc) is 3.30. The van der Waals surface area contributed by atoms with E-state index in [9.17, 15) is 4.79 Å². The molecule has 0 N–H and O–H groups in total. The van der Waals surface area contributed by atoms with Crippen molar-refractivity contribution in [1.29, 1.82) is 0 Å². The average molecular weight is 382 g/mol. The number of carbonyl (C=O) groups is 1. The molecule has 4 aromatic rings. The molecule has 0 atom stereocenters. The topological polar surface area (TPSA) is 51.0 Å². The van der Waals surface area contributed by atoms with E-state index < -0.39 is 0 Å². The van der Waals surface area contributed by atoms with Crippen LogP contribution in [0.3, 0.4) is 0 Å². The third-order valence-corrected chi connectivity index (χ3v) is 5.71. The van der Waals surface area contributed by atoms with Crippen LogP contribution in [-0.2, 0) is 13.5 Å². The standard InChI is InChI=1S/C24H22N4O/c1-15-8-7-11-18-12-13-28(22(15)18)24(29)19-14-20(17-9-5-4-6-10-17)25-23-21(19)16(2)26-27(23)3/h4-11,14H,12-13H2,1-3H3. The van der Waals surface area contributed by atoms with Gasteiger partial charge in [0, 0.05) is 19.2 Å². The largest absolute Gasteiger partial charge is 0.307 e. The van der Waals surface area contributed by atoms with Gasteiger partial charge in [-0.25, -0.2) is 4.98 Å². The van der Waals surface area contributed by atoms with Crippen molar-refractivity contribution < 1.29 is 4.79 Å². The zero-order chi connectivity index (χ0) is 20.1. The van der Waals surface area contributed by atoms with Crippen molar-refractivity contribution in [2.75, 3.05) is 11.4 Å². The highest BCUT2D eigenvalue weighted by molar-refractivity contribution is 6.15. The molecule has 1 aliphatic rings. The molecule has 3 heterocycles. The van der Waals surface area contributed by atoms with E-state index in [0.717, 1.165) is 45.7 Å². The monoisotopic (exact) mass is 382 g/mol. The van der Waals surface area contributed by atoms with Crippen molar-refractivity contribution in [3.05, 3.63) is 77.0 Å². The molecule has 2 aromatic carbocycles. The number of aromatic nitrogens is 3. The second-order valence-corrected chi connectivity index (χ2v) is 7.62. The maximum absolute atomic E-state index is 13.8. The summed E-state index contributed by atoms with van der Waals surface area (Å²) < 4.78 is 1.76. The molecule has 1 aliphatic heterocycles. The van der Waals surface area contributed by atoms with Gasteiger partial charge >= 0.3 is 0 Å². The smallest absolute Gasteiger partial charge is 0.259 e. The zero-order valence-corrected chi connectivity index (χ0v) is 16.8. The van der Waals surface area contributed by atoms with Crippen LogP contribution in [0.1, 0.15) is 27.2 Å². The minimum absolute atomic E-state index is 0.0127. The first-order chi connectivity index (χ1) is 14.0. The van der Waals surface area contributed by atoms with Crippen molar-refractivity contribution in [3.63, 3.8) is 0 Å². The van der Waals surface area contributed by atoms with Gasteiger partial charge in [0.2, 0.25) is 0 Å². The lowest BCUT2D eigenvalue weighted by molar-refractivity contribution is 0.0990. The summed E-state index contributed by atoms with van der Waals surface area (Å²) in [5.41, 5.74) is 7.40. The number of fused-ring (bicyclic) bond motifs is 2. The van der Waals surface area contributed by atoms with Gasteiger partial charge in [0.05, 0.1) is 28.0 Å². The summed E-state index contributed by atoms with van der Waals surface area (Å²) >= 11 is 0. The fourth-order valence-corrected chi connectivity index (χ4v) is 4.37. The van der Waals surface area contributed by atoms with Crippen LogP contribution in [-0.4, -0.2) is 27.2 Å². The fourth-order valence-electron chi connectivity index (χ4n) is 4.37. The SMILES string of the molecule is Cc1cccc2c1N(C(=O)c1cc(-c3ccccc3)nc3c1c(C)nn3C)CC2. The number of para-hydroxylation sites is 1. The quantitative estimate of drug-likeness (QED) is 0.514. The summed E-state index contributed by atoms with van der Waals surface area (Å²) in [6.07, 6.45) is 0.883. The van der Waals surface area contributed by atoms with Crippen LogP contribution in [0.25, 0.3) is 22.3 Å².